The highest BCUT2D eigenvalue weighted by atomic mass is 32.2. The molecule has 0 radical (unpaired) electrons. The summed E-state index contributed by atoms with van der Waals surface area (Å²) in [6.07, 6.45) is -6.38. The van der Waals surface area contributed by atoms with Crippen LogP contribution in [-0.2, 0) is 24.3 Å². The maximum Gasteiger partial charge on any atom is 0.451 e. The Labute approximate surface area is 196 Å². The van der Waals surface area contributed by atoms with Crippen molar-refractivity contribution < 1.29 is 50.7 Å². The van der Waals surface area contributed by atoms with Gasteiger partial charge < -0.3 is 14.6 Å². The highest BCUT2D eigenvalue weighted by Gasteiger charge is 2.49. The smallest absolute Gasteiger partial charge is 0.451 e. The van der Waals surface area contributed by atoms with Gasteiger partial charge in [0.25, 0.3) is 15.8 Å². The van der Waals surface area contributed by atoms with Crippen molar-refractivity contribution in [3.63, 3.8) is 0 Å². The summed E-state index contributed by atoms with van der Waals surface area (Å²) in [4.78, 5) is 34.0. The van der Waals surface area contributed by atoms with E-state index in [1.54, 1.807) is 0 Å². The van der Waals surface area contributed by atoms with Crippen molar-refractivity contribution in [1.29, 1.82) is 0 Å². The summed E-state index contributed by atoms with van der Waals surface area (Å²) in [6, 6.07) is 5.06. The van der Waals surface area contributed by atoms with Gasteiger partial charge in [0.15, 0.2) is 11.7 Å². The molecule has 0 aliphatic rings. The minimum atomic E-state index is -5.48. The molecule has 0 bridgehead atoms. The SMILES string of the molecule is COc1ccc(S(=O)(=O)Nc2ccc(O)c([C@H](C(=O)OC(C)C)C(=O)C(F)(F)F)c2)cc1[N+](=O)[O-]. The van der Waals surface area contributed by atoms with Crippen LogP contribution in [0.1, 0.15) is 25.3 Å². The normalized spacial score (nSPS) is 12.7. The third kappa shape index (κ3) is 6.38. The molecule has 0 spiro atoms. The number of nitrogens with zero attached hydrogens (tertiary/aromatic N) is 1. The van der Waals surface area contributed by atoms with Crippen molar-refractivity contribution in [2.75, 3.05) is 11.8 Å². The van der Waals surface area contributed by atoms with Gasteiger partial charge in [-0.3, -0.25) is 24.4 Å². The predicted octanol–water partition coefficient (Wildman–Crippen LogP) is 3.28. The average Bonchev–Trinajstić information content (AvgIpc) is 2.74. The first kappa shape index (κ1) is 27.4. The Hall–Kier alpha value is -3.88. The minimum absolute atomic E-state index is 0.224. The van der Waals surface area contributed by atoms with Crippen molar-refractivity contribution in [2.45, 2.75) is 36.9 Å². The number of sulfonamides is 1. The third-order valence-corrected chi connectivity index (χ3v) is 5.76. The molecular weight excluding hydrogens is 501 g/mol. The van der Waals surface area contributed by atoms with Crippen LogP contribution in [0.4, 0.5) is 24.5 Å². The van der Waals surface area contributed by atoms with E-state index in [1.165, 1.54) is 13.8 Å². The van der Waals surface area contributed by atoms with Gasteiger partial charge in [0.2, 0.25) is 0 Å². The number of hydrogen-bond acceptors (Lipinski definition) is 9. The number of alkyl halides is 3. The quantitative estimate of drug-likeness (QED) is 0.166. The number of carbonyl (C=O) groups excluding carboxylic acids is 2. The van der Waals surface area contributed by atoms with E-state index in [-0.39, 0.29) is 5.75 Å². The fraction of sp³-hybridized carbons (Fsp3) is 0.300. The van der Waals surface area contributed by atoms with Gasteiger partial charge in [-0.05, 0) is 44.2 Å². The van der Waals surface area contributed by atoms with Gasteiger partial charge >= 0.3 is 17.8 Å². The molecule has 0 unspecified atom stereocenters. The van der Waals surface area contributed by atoms with Crippen molar-refractivity contribution in [2.24, 2.45) is 0 Å². The standard InChI is InChI=1S/C20H19F3N2O9S/c1-10(2)34-19(28)17(18(27)20(21,22)23)13-8-11(4-6-15(13)26)24-35(31,32)12-5-7-16(33-3)14(9-12)25(29)30/h4-10,17,24,26H,1-3H3/t17-/m0/s1. The van der Waals surface area contributed by atoms with E-state index < -0.39 is 72.5 Å². The van der Waals surface area contributed by atoms with Crippen LogP contribution in [0.15, 0.2) is 41.3 Å². The van der Waals surface area contributed by atoms with Crippen LogP contribution < -0.4 is 9.46 Å². The number of halogens is 3. The molecule has 1 atom stereocenters. The third-order valence-electron chi connectivity index (χ3n) is 4.38. The molecule has 190 valence electrons. The maximum absolute atomic E-state index is 13.2. The molecule has 0 saturated carbocycles. The summed E-state index contributed by atoms with van der Waals surface area (Å²) in [5, 5.41) is 21.3. The predicted molar refractivity (Wildman–Crippen MR) is 114 cm³/mol. The van der Waals surface area contributed by atoms with Gasteiger partial charge in [0, 0.05) is 17.3 Å². The number of nitrogens with one attached hydrogen (secondary N) is 1. The number of ketones is 1. The fourth-order valence-electron chi connectivity index (χ4n) is 2.88. The summed E-state index contributed by atoms with van der Waals surface area (Å²) in [7, 11) is -3.42. The van der Waals surface area contributed by atoms with Crippen LogP contribution in [0.5, 0.6) is 11.5 Å². The molecule has 0 heterocycles. The van der Waals surface area contributed by atoms with Gasteiger partial charge in [-0.2, -0.15) is 13.2 Å². The number of aromatic hydroxyl groups is 1. The van der Waals surface area contributed by atoms with Crippen LogP contribution in [0.25, 0.3) is 0 Å². The van der Waals surface area contributed by atoms with Crippen molar-refractivity contribution in [3.05, 3.63) is 52.1 Å². The number of anilines is 1. The Kier molecular flexibility index (Phi) is 7.95. The number of nitro benzene ring substituents is 1. The number of carbonyl (C=O) groups is 2. The molecule has 2 N–H and O–H groups in total. The molecule has 0 aliphatic heterocycles. The Morgan fingerprint density at radius 2 is 1.77 bits per heavy atom. The largest absolute Gasteiger partial charge is 0.508 e. The molecular formula is C20H19F3N2O9S. The van der Waals surface area contributed by atoms with Crippen LogP contribution in [0, 0.1) is 10.1 Å². The number of rotatable bonds is 9. The van der Waals surface area contributed by atoms with Crippen LogP contribution in [0.2, 0.25) is 0 Å². The van der Waals surface area contributed by atoms with Gasteiger partial charge in [-0.25, -0.2) is 8.42 Å². The first-order valence-corrected chi connectivity index (χ1v) is 11.1. The minimum Gasteiger partial charge on any atom is -0.508 e. The van der Waals surface area contributed by atoms with E-state index in [4.69, 9.17) is 9.47 Å². The van der Waals surface area contributed by atoms with Crippen LogP contribution in [-0.4, -0.2) is 49.6 Å². The Balaban J connectivity index is 2.54. The maximum atomic E-state index is 13.2. The van der Waals surface area contributed by atoms with Gasteiger partial charge in [0.1, 0.15) is 5.75 Å². The molecule has 0 fully saturated rings. The first-order valence-electron chi connectivity index (χ1n) is 9.58. The Bertz CT molecular complexity index is 1260. The van der Waals surface area contributed by atoms with E-state index in [9.17, 15) is 46.4 Å². The lowest BCUT2D eigenvalue weighted by Crippen LogP contribution is -2.35. The summed E-state index contributed by atoms with van der Waals surface area (Å²) in [6.45, 7) is 2.65. The molecule has 11 nitrogen and oxygen atoms in total. The molecule has 35 heavy (non-hydrogen) atoms. The summed E-state index contributed by atoms with van der Waals surface area (Å²) in [5.41, 5.74) is -1.98. The van der Waals surface area contributed by atoms with E-state index in [2.05, 4.69) is 0 Å². The topological polar surface area (TPSA) is 162 Å². The molecule has 15 heteroatoms. The number of hydrogen-bond donors (Lipinski definition) is 2. The zero-order chi connectivity index (χ0) is 26.7. The van der Waals surface area contributed by atoms with E-state index >= 15 is 0 Å². The summed E-state index contributed by atoms with van der Waals surface area (Å²) in [5.74, 6) is -7.91. The molecule has 2 aromatic rings. The Morgan fingerprint density at radius 3 is 2.29 bits per heavy atom. The lowest BCUT2D eigenvalue weighted by Gasteiger charge is -2.20. The number of Topliss-reactive ketones (excluding diaryl/α,β-unsaturated/α-hetero) is 1. The second-order valence-corrected chi connectivity index (χ2v) is 8.93. The number of phenolic OH excluding ortho intramolecular Hbond substituents is 1. The van der Waals surface area contributed by atoms with Gasteiger partial charge in [0.05, 0.1) is 23.0 Å². The number of benzene rings is 2. The average molecular weight is 520 g/mol. The van der Waals surface area contributed by atoms with Crippen molar-refractivity contribution in [3.8, 4) is 11.5 Å². The Morgan fingerprint density at radius 1 is 1.14 bits per heavy atom. The zero-order valence-corrected chi connectivity index (χ0v) is 19.1. The van der Waals surface area contributed by atoms with Crippen molar-refractivity contribution in [1.82, 2.24) is 0 Å². The molecule has 2 rings (SSSR count). The number of esters is 1. The second kappa shape index (κ2) is 10.2. The number of ether oxygens (including phenoxy) is 2. The first-order chi connectivity index (χ1) is 16.1. The summed E-state index contributed by atoms with van der Waals surface area (Å²) < 4.78 is 76.4. The lowest BCUT2D eigenvalue weighted by atomic mass is 9.93. The van der Waals surface area contributed by atoms with Gasteiger partial charge in [-0.1, -0.05) is 0 Å². The zero-order valence-electron chi connectivity index (χ0n) is 18.3. The lowest BCUT2D eigenvalue weighted by molar-refractivity contribution is -0.386. The van der Waals surface area contributed by atoms with E-state index in [0.29, 0.717) is 12.1 Å². The molecule has 0 saturated heterocycles. The molecule has 0 aliphatic carbocycles. The van der Waals surface area contributed by atoms with Crippen LogP contribution in [0.3, 0.4) is 0 Å². The fourth-order valence-corrected chi connectivity index (χ4v) is 3.95. The van der Waals surface area contributed by atoms with E-state index in [1.807, 2.05) is 4.72 Å². The van der Waals surface area contributed by atoms with Crippen LogP contribution >= 0.6 is 0 Å². The number of methoxy groups -OCH3 is 1. The molecule has 2 aromatic carbocycles. The number of phenols is 1. The monoisotopic (exact) mass is 520 g/mol. The van der Waals surface area contributed by atoms with Gasteiger partial charge in [-0.15, -0.1) is 0 Å². The molecule has 0 amide bonds. The highest BCUT2D eigenvalue weighted by molar-refractivity contribution is 7.92. The number of nitro groups is 1. The summed E-state index contributed by atoms with van der Waals surface area (Å²) >= 11 is 0. The van der Waals surface area contributed by atoms with Crippen molar-refractivity contribution >= 4 is 33.2 Å². The second-order valence-electron chi connectivity index (χ2n) is 7.25. The molecule has 0 aromatic heterocycles. The van der Waals surface area contributed by atoms with E-state index in [0.717, 1.165) is 31.4 Å². The highest BCUT2D eigenvalue weighted by Crippen LogP contribution is 2.36.